The zero-order chi connectivity index (χ0) is 8.97. The Morgan fingerprint density at radius 1 is 1.50 bits per heavy atom. The molecule has 12 heavy (non-hydrogen) atoms. The third kappa shape index (κ3) is 2.50. The van der Waals surface area contributed by atoms with Crippen LogP contribution in [0.15, 0.2) is 0 Å². The molecule has 0 aromatic rings. The van der Waals surface area contributed by atoms with Crippen LogP contribution in [0.4, 0.5) is 0 Å². The standard InChI is InChI=1S/C10H20N2/c1-3-4-5-6-9-8(2)7-10(11)12-9/h8-9H,3-7H2,1-2H3,(H2,11,12)/t8?,9-/m1/s1. The van der Waals surface area contributed by atoms with Gasteiger partial charge in [-0.05, 0) is 12.3 Å². The summed E-state index contributed by atoms with van der Waals surface area (Å²) in [6.07, 6.45) is 6.14. The normalized spacial score (nSPS) is 29.0. The van der Waals surface area contributed by atoms with Crippen LogP contribution in [0.25, 0.3) is 0 Å². The minimum Gasteiger partial charge on any atom is -0.371 e. The van der Waals surface area contributed by atoms with E-state index in [2.05, 4.69) is 19.2 Å². The predicted octanol–water partition coefficient (Wildman–Crippen LogP) is 2.54. The van der Waals surface area contributed by atoms with Crippen molar-refractivity contribution in [2.45, 2.75) is 52.0 Å². The topological polar surface area (TPSA) is 35.9 Å². The number of hydrogen-bond donors (Lipinski definition) is 2. The molecule has 1 saturated heterocycles. The van der Waals surface area contributed by atoms with Gasteiger partial charge in [-0.3, -0.25) is 5.41 Å². The number of nitrogens with one attached hydrogen (secondary N) is 2. The lowest BCUT2D eigenvalue weighted by molar-refractivity contribution is 0.436. The Morgan fingerprint density at radius 3 is 2.75 bits per heavy atom. The SMILES string of the molecule is CCCCC[C@H]1NC(=N)CC1C. The van der Waals surface area contributed by atoms with Gasteiger partial charge in [0.1, 0.15) is 0 Å². The highest BCUT2D eigenvalue weighted by molar-refractivity contribution is 5.81. The molecule has 1 heterocycles. The second-order valence-corrected chi connectivity index (χ2v) is 3.91. The molecule has 0 aromatic carbocycles. The van der Waals surface area contributed by atoms with Gasteiger partial charge in [-0.2, -0.15) is 0 Å². The second-order valence-electron chi connectivity index (χ2n) is 3.91. The molecule has 1 aliphatic heterocycles. The van der Waals surface area contributed by atoms with Gasteiger partial charge in [0.25, 0.3) is 0 Å². The summed E-state index contributed by atoms with van der Waals surface area (Å²) in [5, 5.41) is 10.7. The highest BCUT2D eigenvalue weighted by Crippen LogP contribution is 2.20. The first-order valence-corrected chi connectivity index (χ1v) is 5.08. The number of hydrogen-bond acceptors (Lipinski definition) is 1. The fourth-order valence-corrected chi connectivity index (χ4v) is 1.86. The Kier molecular flexibility index (Phi) is 3.57. The van der Waals surface area contributed by atoms with Crippen molar-refractivity contribution in [1.29, 1.82) is 5.41 Å². The van der Waals surface area contributed by atoms with Gasteiger partial charge >= 0.3 is 0 Å². The Hall–Kier alpha value is -0.530. The van der Waals surface area contributed by atoms with Crippen molar-refractivity contribution in [2.24, 2.45) is 5.92 Å². The second kappa shape index (κ2) is 4.48. The van der Waals surface area contributed by atoms with E-state index in [-0.39, 0.29) is 0 Å². The molecule has 1 fully saturated rings. The summed E-state index contributed by atoms with van der Waals surface area (Å²) in [5.74, 6) is 1.42. The first-order valence-electron chi connectivity index (χ1n) is 5.08. The van der Waals surface area contributed by atoms with Crippen molar-refractivity contribution >= 4 is 5.84 Å². The zero-order valence-electron chi connectivity index (χ0n) is 8.19. The van der Waals surface area contributed by atoms with Crippen molar-refractivity contribution in [3.05, 3.63) is 0 Å². The lowest BCUT2D eigenvalue weighted by Gasteiger charge is -2.14. The Labute approximate surface area is 75.3 Å². The molecule has 0 amide bonds. The zero-order valence-corrected chi connectivity index (χ0v) is 8.19. The van der Waals surface area contributed by atoms with E-state index in [1.54, 1.807) is 0 Å². The summed E-state index contributed by atoms with van der Waals surface area (Å²) in [7, 11) is 0. The molecular formula is C10H20N2. The third-order valence-corrected chi connectivity index (χ3v) is 2.69. The smallest absolute Gasteiger partial charge is 0.0937 e. The van der Waals surface area contributed by atoms with Gasteiger partial charge in [-0.25, -0.2) is 0 Å². The lowest BCUT2D eigenvalue weighted by atomic mass is 9.98. The van der Waals surface area contributed by atoms with Crippen LogP contribution in [0.2, 0.25) is 0 Å². The Balaban J connectivity index is 2.19. The molecule has 2 heteroatoms. The largest absolute Gasteiger partial charge is 0.371 e. The van der Waals surface area contributed by atoms with Gasteiger partial charge in [0.2, 0.25) is 0 Å². The number of rotatable bonds is 4. The van der Waals surface area contributed by atoms with E-state index in [4.69, 9.17) is 5.41 Å². The van der Waals surface area contributed by atoms with E-state index < -0.39 is 0 Å². The van der Waals surface area contributed by atoms with Gasteiger partial charge in [0.15, 0.2) is 0 Å². The molecule has 2 N–H and O–H groups in total. The summed E-state index contributed by atoms with van der Waals surface area (Å²) in [5.41, 5.74) is 0. The van der Waals surface area contributed by atoms with Crippen molar-refractivity contribution < 1.29 is 0 Å². The maximum atomic E-state index is 7.48. The summed E-state index contributed by atoms with van der Waals surface area (Å²) < 4.78 is 0. The molecule has 2 atom stereocenters. The average molecular weight is 168 g/mol. The highest BCUT2D eigenvalue weighted by atomic mass is 15.0. The van der Waals surface area contributed by atoms with Crippen LogP contribution >= 0.6 is 0 Å². The van der Waals surface area contributed by atoms with E-state index in [0.29, 0.717) is 12.0 Å². The third-order valence-electron chi connectivity index (χ3n) is 2.69. The number of amidine groups is 1. The van der Waals surface area contributed by atoms with Crippen LogP contribution in [-0.2, 0) is 0 Å². The molecule has 1 rings (SSSR count). The fraction of sp³-hybridized carbons (Fsp3) is 0.900. The minimum absolute atomic E-state index is 0.587. The van der Waals surface area contributed by atoms with Crippen molar-refractivity contribution in [1.82, 2.24) is 5.32 Å². The van der Waals surface area contributed by atoms with Crippen LogP contribution in [0.3, 0.4) is 0 Å². The van der Waals surface area contributed by atoms with E-state index in [0.717, 1.165) is 12.3 Å². The van der Waals surface area contributed by atoms with E-state index in [1.165, 1.54) is 25.7 Å². The maximum Gasteiger partial charge on any atom is 0.0937 e. The average Bonchev–Trinajstić information content (AvgIpc) is 2.31. The van der Waals surface area contributed by atoms with Crippen LogP contribution in [0.5, 0.6) is 0 Å². The molecule has 0 radical (unpaired) electrons. The van der Waals surface area contributed by atoms with Crippen LogP contribution in [-0.4, -0.2) is 11.9 Å². The highest BCUT2D eigenvalue weighted by Gasteiger charge is 2.25. The van der Waals surface area contributed by atoms with E-state index in [9.17, 15) is 0 Å². The molecule has 0 aromatic heterocycles. The van der Waals surface area contributed by atoms with Crippen LogP contribution in [0, 0.1) is 11.3 Å². The summed E-state index contributed by atoms with van der Waals surface area (Å²) >= 11 is 0. The van der Waals surface area contributed by atoms with Crippen molar-refractivity contribution in [3.63, 3.8) is 0 Å². The van der Waals surface area contributed by atoms with Gasteiger partial charge in [-0.1, -0.05) is 33.1 Å². The van der Waals surface area contributed by atoms with E-state index in [1.807, 2.05) is 0 Å². The van der Waals surface area contributed by atoms with Gasteiger partial charge < -0.3 is 5.32 Å². The quantitative estimate of drug-likeness (QED) is 0.622. The molecule has 2 nitrogen and oxygen atoms in total. The van der Waals surface area contributed by atoms with Crippen molar-refractivity contribution in [2.75, 3.05) is 0 Å². The monoisotopic (exact) mass is 168 g/mol. The summed E-state index contributed by atoms with van der Waals surface area (Å²) in [6.45, 7) is 4.47. The van der Waals surface area contributed by atoms with Crippen LogP contribution < -0.4 is 5.32 Å². The molecular weight excluding hydrogens is 148 g/mol. The van der Waals surface area contributed by atoms with Crippen LogP contribution in [0.1, 0.15) is 46.0 Å². The first kappa shape index (κ1) is 9.56. The predicted molar refractivity (Wildman–Crippen MR) is 52.6 cm³/mol. The molecule has 0 bridgehead atoms. The first-order chi connectivity index (χ1) is 5.74. The van der Waals surface area contributed by atoms with E-state index >= 15 is 0 Å². The number of unbranched alkanes of at least 4 members (excludes halogenated alkanes) is 2. The lowest BCUT2D eigenvalue weighted by Crippen LogP contribution is -2.27. The molecule has 0 aliphatic carbocycles. The summed E-state index contributed by atoms with van der Waals surface area (Å²) in [6, 6.07) is 0.587. The molecule has 1 aliphatic rings. The molecule has 0 spiro atoms. The fourth-order valence-electron chi connectivity index (χ4n) is 1.86. The van der Waals surface area contributed by atoms with Crippen molar-refractivity contribution in [3.8, 4) is 0 Å². The van der Waals surface area contributed by atoms with Gasteiger partial charge in [0.05, 0.1) is 5.84 Å². The summed E-state index contributed by atoms with van der Waals surface area (Å²) in [4.78, 5) is 0. The Bertz CT molecular complexity index is 154. The minimum atomic E-state index is 0.587. The maximum absolute atomic E-state index is 7.48. The Morgan fingerprint density at radius 2 is 2.25 bits per heavy atom. The molecule has 70 valence electrons. The van der Waals surface area contributed by atoms with Gasteiger partial charge in [0, 0.05) is 12.5 Å². The molecule has 1 unspecified atom stereocenters. The molecule has 0 saturated carbocycles. The van der Waals surface area contributed by atoms with Gasteiger partial charge in [-0.15, -0.1) is 0 Å².